The normalized spacial score (nSPS) is 11.0. The zero-order chi connectivity index (χ0) is 13.8. The summed E-state index contributed by atoms with van der Waals surface area (Å²) in [7, 11) is 0. The third-order valence-electron chi connectivity index (χ3n) is 3.19. The molecular weight excluding hydrogens is 270 g/mol. The molecule has 102 valence electrons. The zero-order valence-corrected chi connectivity index (χ0v) is 11.7. The summed E-state index contributed by atoms with van der Waals surface area (Å²) in [5.74, 6) is 0. The molecule has 0 saturated heterocycles. The molecule has 0 aliphatic heterocycles. The van der Waals surface area contributed by atoms with E-state index >= 15 is 0 Å². The number of aromatic amines is 1. The SMILES string of the molecule is O=c1[nH]c2ccccc2cc1CNCCc1cscn1. The minimum absolute atomic E-state index is 0.0233. The van der Waals surface area contributed by atoms with Gasteiger partial charge in [-0.15, -0.1) is 11.3 Å². The maximum Gasteiger partial charge on any atom is 0.252 e. The van der Waals surface area contributed by atoms with Crippen LogP contribution in [0.4, 0.5) is 0 Å². The monoisotopic (exact) mass is 285 g/mol. The van der Waals surface area contributed by atoms with Crippen LogP contribution in [0.1, 0.15) is 11.3 Å². The van der Waals surface area contributed by atoms with Gasteiger partial charge in [-0.3, -0.25) is 4.79 Å². The van der Waals surface area contributed by atoms with Crippen LogP contribution >= 0.6 is 11.3 Å². The summed E-state index contributed by atoms with van der Waals surface area (Å²) in [5, 5.41) is 6.39. The van der Waals surface area contributed by atoms with Gasteiger partial charge in [-0.2, -0.15) is 0 Å². The van der Waals surface area contributed by atoms with Crippen molar-refractivity contribution in [2.24, 2.45) is 0 Å². The van der Waals surface area contributed by atoms with Crippen molar-refractivity contribution in [3.63, 3.8) is 0 Å². The summed E-state index contributed by atoms with van der Waals surface area (Å²) in [6.07, 6.45) is 0.884. The molecule has 3 aromatic rings. The maximum absolute atomic E-state index is 11.9. The molecule has 3 rings (SSSR count). The maximum atomic E-state index is 11.9. The van der Waals surface area contributed by atoms with Gasteiger partial charge in [0.2, 0.25) is 0 Å². The number of aromatic nitrogens is 2. The number of rotatable bonds is 5. The molecule has 0 radical (unpaired) electrons. The van der Waals surface area contributed by atoms with Crippen molar-refractivity contribution in [3.05, 3.63) is 62.8 Å². The van der Waals surface area contributed by atoms with E-state index < -0.39 is 0 Å². The van der Waals surface area contributed by atoms with Crippen molar-refractivity contribution in [1.82, 2.24) is 15.3 Å². The first-order chi connectivity index (χ1) is 9.83. The Kier molecular flexibility index (Phi) is 3.90. The Morgan fingerprint density at radius 2 is 2.20 bits per heavy atom. The number of pyridine rings is 1. The van der Waals surface area contributed by atoms with E-state index in [-0.39, 0.29) is 5.56 Å². The van der Waals surface area contributed by atoms with E-state index in [2.05, 4.69) is 15.3 Å². The van der Waals surface area contributed by atoms with Crippen molar-refractivity contribution < 1.29 is 0 Å². The van der Waals surface area contributed by atoms with Crippen molar-refractivity contribution in [1.29, 1.82) is 0 Å². The van der Waals surface area contributed by atoms with Crippen LogP contribution in [0.3, 0.4) is 0 Å². The number of benzene rings is 1. The van der Waals surface area contributed by atoms with E-state index in [0.29, 0.717) is 6.54 Å². The van der Waals surface area contributed by atoms with Gasteiger partial charge < -0.3 is 10.3 Å². The van der Waals surface area contributed by atoms with Crippen LogP contribution in [0.2, 0.25) is 0 Å². The highest BCUT2D eigenvalue weighted by Crippen LogP contribution is 2.09. The van der Waals surface area contributed by atoms with Crippen LogP contribution in [-0.4, -0.2) is 16.5 Å². The number of para-hydroxylation sites is 1. The largest absolute Gasteiger partial charge is 0.322 e. The summed E-state index contributed by atoms with van der Waals surface area (Å²) >= 11 is 1.60. The van der Waals surface area contributed by atoms with Crippen LogP contribution in [0.15, 0.2) is 46.0 Å². The summed E-state index contributed by atoms with van der Waals surface area (Å²) < 4.78 is 0. The molecule has 0 aliphatic carbocycles. The van der Waals surface area contributed by atoms with Gasteiger partial charge in [-0.25, -0.2) is 4.98 Å². The van der Waals surface area contributed by atoms with Gasteiger partial charge in [-0.1, -0.05) is 18.2 Å². The van der Waals surface area contributed by atoms with Crippen molar-refractivity contribution >= 4 is 22.2 Å². The highest BCUT2D eigenvalue weighted by atomic mass is 32.1. The first-order valence-electron chi connectivity index (χ1n) is 6.51. The summed E-state index contributed by atoms with van der Waals surface area (Å²) in [6.45, 7) is 1.39. The average molecular weight is 285 g/mol. The second-order valence-electron chi connectivity index (χ2n) is 4.62. The van der Waals surface area contributed by atoms with Crippen molar-refractivity contribution in [2.45, 2.75) is 13.0 Å². The van der Waals surface area contributed by atoms with Gasteiger partial charge >= 0.3 is 0 Å². The fourth-order valence-corrected chi connectivity index (χ4v) is 2.72. The van der Waals surface area contributed by atoms with Gasteiger partial charge in [-0.05, 0) is 17.5 Å². The van der Waals surface area contributed by atoms with Gasteiger partial charge in [0.05, 0.1) is 11.2 Å². The Hall–Kier alpha value is -1.98. The Morgan fingerprint density at radius 3 is 3.05 bits per heavy atom. The molecule has 0 spiro atoms. The van der Waals surface area contributed by atoms with E-state index in [9.17, 15) is 4.79 Å². The Labute approximate surface area is 120 Å². The molecule has 2 heterocycles. The third kappa shape index (κ3) is 2.95. The predicted octanol–water partition coefficient (Wildman–Crippen LogP) is 2.32. The number of hydrogen-bond acceptors (Lipinski definition) is 4. The fourth-order valence-electron chi connectivity index (χ4n) is 2.12. The summed E-state index contributed by atoms with van der Waals surface area (Å²) in [4.78, 5) is 19.1. The van der Waals surface area contributed by atoms with Gasteiger partial charge in [0.25, 0.3) is 5.56 Å². The highest BCUT2D eigenvalue weighted by molar-refractivity contribution is 7.07. The molecule has 5 heteroatoms. The highest BCUT2D eigenvalue weighted by Gasteiger charge is 2.02. The number of thiazole rings is 1. The zero-order valence-electron chi connectivity index (χ0n) is 10.9. The van der Waals surface area contributed by atoms with Gasteiger partial charge in [0.15, 0.2) is 0 Å². The average Bonchev–Trinajstić information content (AvgIpc) is 2.97. The van der Waals surface area contributed by atoms with E-state index in [1.54, 1.807) is 11.3 Å². The number of nitrogens with one attached hydrogen (secondary N) is 2. The molecule has 2 N–H and O–H groups in total. The number of hydrogen-bond donors (Lipinski definition) is 2. The first-order valence-corrected chi connectivity index (χ1v) is 7.46. The quantitative estimate of drug-likeness (QED) is 0.707. The molecule has 0 unspecified atom stereocenters. The van der Waals surface area contributed by atoms with Crippen LogP contribution < -0.4 is 10.9 Å². The number of nitrogens with zero attached hydrogens (tertiary/aromatic N) is 1. The third-order valence-corrected chi connectivity index (χ3v) is 3.82. The minimum atomic E-state index is -0.0233. The van der Waals surface area contributed by atoms with E-state index in [4.69, 9.17) is 0 Å². The molecule has 0 aliphatic rings. The van der Waals surface area contributed by atoms with Gasteiger partial charge in [0.1, 0.15) is 0 Å². The smallest absolute Gasteiger partial charge is 0.252 e. The van der Waals surface area contributed by atoms with Crippen LogP contribution in [0.25, 0.3) is 10.9 Å². The lowest BCUT2D eigenvalue weighted by atomic mass is 10.1. The lowest BCUT2D eigenvalue weighted by Crippen LogP contribution is -2.22. The standard InChI is InChI=1S/C15H15N3OS/c19-15-12(7-11-3-1-2-4-14(11)18-15)8-16-6-5-13-9-20-10-17-13/h1-4,7,9-10,16H,5-6,8H2,(H,18,19). The fraction of sp³-hybridized carbons (Fsp3) is 0.200. The van der Waals surface area contributed by atoms with E-state index in [1.807, 2.05) is 41.2 Å². The van der Waals surface area contributed by atoms with Crippen LogP contribution in [0, 0.1) is 0 Å². The van der Waals surface area contributed by atoms with E-state index in [1.165, 1.54) is 0 Å². The lowest BCUT2D eigenvalue weighted by molar-refractivity contribution is 0.677. The predicted molar refractivity (Wildman–Crippen MR) is 82.1 cm³/mol. The first kappa shape index (κ1) is 13.0. The van der Waals surface area contributed by atoms with Crippen molar-refractivity contribution in [2.75, 3.05) is 6.54 Å². The molecule has 2 aromatic heterocycles. The summed E-state index contributed by atoms with van der Waals surface area (Å²) in [5.41, 5.74) is 4.55. The molecule has 0 saturated carbocycles. The molecule has 20 heavy (non-hydrogen) atoms. The Bertz CT molecular complexity index is 749. The molecule has 4 nitrogen and oxygen atoms in total. The second-order valence-corrected chi connectivity index (χ2v) is 5.34. The van der Waals surface area contributed by atoms with Crippen molar-refractivity contribution in [3.8, 4) is 0 Å². The Balaban J connectivity index is 1.65. The Morgan fingerprint density at radius 1 is 1.30 bits per heavy atom. The molecule has 1 aromatic carbocycles. The number of H-pyrrole nitrogens is 1. The van der Waals surface area contributed by atoms with E-state index in [0.717, 1.165) is 35.1 Å². The summed E-state index contributed by atoms with van der Waals surface area (Å²) in [6, 6.07) is 9.76. The van der Waals surface area contributed by atoms with Gasteiger partial charge in [0, 0.05) is 36.0 Å². The molecular formula is C15H15N3OS. The molecule has 0 amide bonds. The topological polar surface area (TPSA) is 57.8 Å². The van der Waals surface area contributed by atoms with Crippen LogP contribution in [-0.2, 0) is 13.0 Å². The molecule has 0 atom stereocenters. The number of fused-ring (bicyclic) bond motifs is 1. The second kappa shape index (κ2) is 5.98. The van der Waals surface area contributed by atoms with Crippen LogP contribution in [0.5, 0.6) is 0 Å². The minimum Gasteiger partial charge on any atom is -0.322 e. The lowest BCUT2D eigenvalue weighted by Gasteiger charge is -2.05. The molecule has 0 fully saturated rings. The molecule has 0 bridgehead atoms.